The van der Waals surface area contributed by atoms with Crippen LogP contribution in [0.15, 0.2) is 47.4 Å². The number of halogens is 2. The zero-order valence-corrected chi connectivity index (χ0v) is 24.1. The normalized spacial score (nSPS) is 18.8. The van der Waals surface area contributed by atoms with Crippen LogP contribution in [0.2, 0.25) is 5.02 Å². The minimum atomic E-state index is -3.61. The molecule has 0 saturated carbocycles. The molecule has 1 fully saturated rings. The van der Waals surface area contributed by atoms with Gasteiger partial charge < -0.3 is 4.90 Å². The third-order valence-corrected chi connectivity index (χ3v) is 9.28. The van der Waals surface area contributed by atoms with Gasteiger partial charge in [0.05, 0.1) is 15.1 Å². The predicted molar refractivity (Wildman–Crippen MR) is 150 cm³/mol. The van der Waals surface area contributed by atoms with Gasteiger partial charge >= 0.3 is 0 Å². The van der Waals surface area contributed by atoms with Crippen molar-refractivity contribution in [2.75, 3.05) is 45.2 Å². The molecule has 2 atom stereocenters. The van der Waals surface area contributed by atoms with Crippen molar-refractivity contribution in [3.8, 4) is 0 Å². The number of carbonyl (C=O) groups is 1. The van der Waals surface area contributed by atoms with Crippen molar-refractivity contribution in [2.24, 2.45) is 11.8 Å². The smallest absolute Gasteiger partial charge is 0.260 e. The number of hydrogen-bond acceptors (Lipinski definition) is 6. The molecule has 0 bridgehead atoms. The van der Waals surface area contributed by atoms with Crippen LogP contribution in [0.3, 0.4) is 0 Å². The summed E-state index contributed by atoms with van der Waals surface area (Å²) in [6.07, 6.45) is 1.03. The molecule has 1 amide bonds. The standard InChI is InChI=1S/C25H31ClN4O3S2.ClH/c1-17-13-18(2)16-29(15-17)35(32,33)21-8-5-19(6-9-21)24(31)30(12-11-28(3)4)25-27-22-10-7-20(26)14-23(22)34-25;/h5-10,14,17-18H,11-13,15-16H2,1-4H3;1H. The Hall–Kier alpha value is -1.75. The van der Waals surface area contributed by atoms with Gasteiger partial charge in [-0.25, -0.2) is 13.4 Å². The number of carbonyl (C=O) groups excluding carboxylic acids is 1. The minimum Gasteiger partial charge on any atom is -0.308 e. The fourth-order valence-electron chi connectivity index (χ4n) is 4.46. The summed E-state index contributed by atoms with van der Waals surface area (Å²) in [4.78, 5) is 22.1. The maximum atomic E-state index is 13.5. The van der Waals surface area contributed by atoms with Crippen molar-refractivity contribution in [1.82, 2.24) is 14.2 Å². The van der Waals surface area contributed by atoms with Gasteiger partial charge in [0, 0.05) is 36.8 Å². The molecule has 0 aliphatic carbocycles. The number of fused-ring (bicyclic) bond motifs is 1. The van der Waals surface area contributed by atoms with Gasteiger partial charge in [-0.1, -0.05) is 36.8 Å². The van der Waals surface area contributed by atoms with E-state index in [1.165, 1.54) is 23.5 Å². The fraction of sp³-hybridized carbons (Fsp3) is 0.440. The van der Waals surface area contributed by atoms with Gasteiger partial charge in [0.15, 0.2) is 5.13 Å². The zero-order chi connectivity index (χ0) is 25.3. The lowest BCUT2D eigenvalue weighted by molar-refractivity contribution is 0.0985. The van der Waals surface area contributed by atoms with E-state index in [4.69, 9.17) is 11.6 Å². The number of aromatic nitrogens is 1. The Labute approximate surface area is 228 Å². The van der Waals surface area contributed by atoms with E-state index < -0.39 is 10.0 Å². The summed E-state index contributed by atoms with van der Waals surface area (Å²) in [6, 6.07) is 11.7. The van der Waals surface area contributed by atoms with Gasteiger partial charge in [-0.05, 0) is 74.8 Å². The first-order chi connectivity index (χ1) is 16.5. The molecule has 36 heavy (non-hydrogen) atoms. The number of rotatable bonds is 7. The number of amides is 1. The summed E-state index contributed by atoms with van der Waals surface area (Å²) in [5.74, 6) is 0.424. The second kappa shape index (κ2) is 11.8. The summed E-state index contributed by atoms with van der Waals surface area (Å²) >= 11 is 7.54. The van der Waals surface area contributed by atoms with Gasteiger partial charge in [0.25, 0.3) is 5.91 Å². The van der Waals surface area contributed by atoms with Crippen LogP contribution in [0, 0.1) is 11.8 Å². The van der Waals surface area contributed by atoms with Crippen molar-refractivity contribution >= 4 is 66.6 Å². The van der Waals surface area contributed by atoms with E-state index in [-0.39, 0.29) is 23.2 Å². The van der Waals surface area contributed by atoms with Gasteiger partial charge in [0.1, 0.15) is 0 Å². The predicted octanol–water partition coefficient (Wildman–Crippen LogP) is 5.25. The van der Waals surface area contributed by atoms with Crippen LogP contribution in [0.1, 0.15) is 30.6 Å². The van der Waals surface area contributed by atoms with Gasteiger partial charge in [0.2, 0.25) is 10.0 Å². The summed E-state index contributed by atoms with van der Waals surface area (Å²) < 4.78 is 28.9. The molecule has 1 aliphatic heterocycles. The Balaban J connectivity index is 0.00000361. The number of hydrogen-bond donors (Lipinski definition) is 0. The van der Waals surface area contributed by atoms with Crippen LogP contribution in [-0.2, 0) is 10.0 Å². The highest BCUT2D eigenvalue weighted by Gasteiger charge is 2.32. The molecule has 1 aliphatic rings. The molecular formula is C25H32Cl2N4O3S2. The number of thiazole rings is 1. The number of sulfonamides is 1. The van der Waals surface area contributed by atoms with Gasteiger partial charge in [-0.15, -0.1) is 12.4 Å². The molecule has 2 heterocycles. The minimum absolute atomic E-state index is 0. The van der Waals surface area contributed by atoms with E-state index in [9.17, 15) is 13.2 Å². The first-order valence-corrected chi connectivity index (χ1v) is 14.3. The Bertz CT molecular complexity index is 1300. The molecular weight excluding hydrogens is 539 g/mol. The number of anilines is 1. The lowest BCUT2D eigenvalue weighted by atomic mass is 9.94. The largest absolute Gasteiger partial charge is 0.308 e. The maximum Gasteiger partial charge on any atom is 0.260 e. The lowest BCUT2D eigenvalue weighted by Gasteiger charge is -2.34. The summed E-state index contributed by atoms with van der Waals surface area (Å²) in [6.45, 7) is 6.31. The van der Waals surface area contributed by atoms with E-state index >= 15 is 0 Å². The SMILES string of the molecule is CC1CC(C)CN(S(=O)(=O)c2ccc(C(=O)N(CCN(C)C)c3nc4ccc(Cl)cc4s3)cc2)C1.Cl. The number of nitrogens with zero attached hydrogens (tertiary/aromatic N) is 4. The molecule has 4 rings (SSSR count). The van der Waals surface area contributed by atoms with E-state index in [1.54, 1.807) is 27.4 Å². The molecule has 1 aromatic heterocycles. The van der Waals surface area contributed by atoms with Gasteiger partial charge in [-0.2, -0.15) is 4.31 Å². The van der Waals surface area contributed by atoms with Gasteiger partial charge in [-0.3, -0.25) is 9.69 Å². The van der Waals surface area contributed by atoms with Crippen LogP contribution in [0.5, 0.6) is 0 Å². The lowest BCUT2D eigenvalue weighted by Crippen LogP contribution is -2.42. The van der Waals surface area contributed by atoms with Crippen LogP contribution >= 0.6 is 35.3 Å². The first kappa shape index (κ1) is 28.8. The molecule has 1 saturated heterocycles. The topological polar surface area (TPSA) is 73.8 Å². The van der Waals surface area contributed by atoms with Crippen molar-refractivity contribution < 1.29 is 13.2 Å². The molecule has 0 N–H and O–H groups in total. The number of piperidine rings is 1. The highest BCUT2D eigenvalue weighted by atomic mass is 35.5. The molecule has 2 aromatic carbocycles. The van der Waals surface area contributed by atoms with Crippen molar-refractivity contribution in [1.29, 1.82) is 0 Å². The second-order valence-electron chi connectivity index (χ2n) is 9.66. The van der Waals surface area contributed by atoms with E-state index in [1.807, 2.05) is 31.1 Å². The second-order valence-corrected chi connectivity index (χ2v) is 13.0. The Morgan fingerprint density at radius 2 is 1.72 bits per heavy atom. The average Bonchev–Trinajstić information content (AvgIpc) is 3.21. The highest BCUT2D eigenvalue weighted by molar-refractivity contribution is 7.89. The van der Waals surface area contributed by atoms with Crippen LogP contribution in [-0.4, -0.2) is 68.8 Å². The fourth-order valence-corrected chi connectivity index (χ4v) is 7.41. The summed E-state index contributed by atoms with van der Waals surface area (Å²) in [5, 5.41) is 1.20. The van der Waals surface area contributed by atoms with Crippen LogP contribution in [0.25, 0.3) is 10.2 Å². The summed E-state index contributed by atoms with van der Waals surface area (Å²) in [5.41, 5.74) is 1.20. The zero-order valence-electron chi connectivity index (χ0n) is 20.8. The number of benzene rings is 2. The first-order valence-electron chi connectivity index (χ1n) is 11.7. The third kappa shape index (κ3) is 6.38. The average molecular weight is 572 g/mol. The maximum absolute atomic E-state index is 13.5. The molecule has 7 nitrogen and oxygen atoms in total. The molecule has 3 aromatic rings. The quantitative estimate of drug-likeness (QED) is 0.388. The molecule has 2 unspecified atom stereocenters. The molecule has 0 spiro atoms. The van der Waals surface area contributed by atoms with Crippen molar-refractivity contribution in [3.63, 3.8) is 0 Å². The van der Waals surface area contributed by atoms with E-state index in [0.29, 0.717) is 53.7 Å². The monoisotopic (exact) mass is 570 g/mol. The van der Waals surface area contributed by atoms with E-state index in [2.05, 4.69) is 18.8 Å². The third-order valence-electron chi connectivity index (χ3n) is 6.16. The summed E-state index contributed by atoms with van der Waals surface area (Å²) in [7, 11) is 0.288. The Kier molecular flexibility index (Phi) is 9.41. The molecule has 196 valence electrons. The molecule has 11 heteroatoms. The van der Waals surface area contributed by atoms with Crippen molar-refractivity contribution in [3.05, 3.63) is 53.1 Å². The Morgan fingerprint density at radius 3 is 2.33 bits per heavy atom. The van der Waals surface area contributed by atoms with Crippen molar-refractivity contribution in [2.45, 2.75) is 25.2 Å². The van der Waals surface area contributed by atoms with Crippen LogP contribution < -0.4 is 4.90 Å². The van der Waals surface area contributed by atoms with E-state index in [0.717, 1.165) is 16.6 Å². The number of likely N-dealkylation sites (N-methyl/N-ethyl adjacent to an activating group) is 1. The molecule has 0 radical (unpaired) electrons. The Morgan fingerprint density at radius 1 is 1.08 bits per heavy atom. The highest BCUT2D eigenvalue weighted by Crippen LogP contribution is 2.32. The van der Waals surface area contributed by atoms with Crippen LogP contribution in [0.4, 0.5) is 5.13 Å².